The Hall–Kier alpha value is -5.86. The third-order valence-electron chi connectivity index (χ3n) is 8.94. The predicted octanol–water partition coefficient (Wildman–Crippen LogP) is 15.3. The number of para-hydroxylation sites is 3. The van der Waals surface area contributed by atoms with Gasteiger partial charge in [-0.25, -0.2) is 0 Å². The molecule has 0 amide bonds. The molecule has 0 atom stereocenters. The maximum atomic E-state index is 2.38. The van der Waals surface area contributed by atoms with Crippen LogP contribution in [-0.2, 0) is 0 Å². The lowest BCUT2D eigenvalue weighted by atomic mass is 10.0. The van der Waals surface area contributed by atoms with E-state index < -0.39 is 0 Å². The number of hydrogen-bond donors (Lipinski definition) is 0. The van der Waals surface area contributed by atoms with Crippen molar-refractivity contribution in [3.05, 3.63) is 170 Å². The minimum Gasteiger partial charge on any atom is -0.309 e. The predicted molar refractivity (Wildman–Crippen MR) is 231 cm³/mol. The molecule has 2 heterocycles. The van der Waals surface area contributed by atoms with Gasteiger partial charge in [-0.15, -0.1) is 0 Å². The standard InChI is InChI=1S/C42H28N2.4C2H6/c1-2-10-29(11-3-1)32-22-27-42-38(28-32)37-14-6-9-17-41(37)44(42)34-25-20-31(21-26-34)30-18-23-33(24-19-30)43-39-15-7-4-12-35(39)36-13-5-8-16-40(36)43;4*1-2/h1-28H;4*1-2H3. The lowest BCUT2D eigenvalue weighted by Gasteiger charge is -2.11. The van der Waals surface area contributed by atoms with Crippen molar-refractivity contribution in [2.45, 2.75) is 55.4 Å². The summed E-state index contributed by atoms with van der Waals surface area (Å²) in [5, 5.41) is 5.10. The van der Waals surface area contributed by atoms with Crippen LogP contribution in [0.3, 0.4) is 0 Å². The Morgan fingerprint density at radius 3 is 0.981 bits per heavy atom. The van der Waals surface area contributed by atoms with E-state index in [2.05, 4.69) is 179 Å². The zero-order valence-corrected chi connectivity index (χ0v) is 32.1. The van der Waals surface area contributed by atoms with E-state index >= 15 is 0 Å². The van der Waals surface area contributed by atoms with Crippen LogP contribution in [0.5, 0.6) is 0 Å². The van der Waals surface area contributed by atoms with Crippen LogP contribution in [-0.4, -0.2) is 9.13 Å². The lowest BCUT2D eigenvalue weighted by Crippen LogP contribution is -1.94. The molecule has 0 unspecified atom stereocenters. The van der Waals surface area contributed by atoms with Crippen LogP contribution in [0.1, 0.15) is 55.4 Å². The van der Waals surface area contributed by atoms with Gasteiger partial charge in [-0.2, -0.15) is 0 Å². The summed E-state index contributed by atoms with van der Waals surface area (Å²) in [5.74, 6) is 0. The van der Waals surface area contributed by atoms with Gasteiger partial charge >= 0.3 is 0 Å². The summed E-state index contributed by atoms with van der Waals surface area (Å²) in [6.07, 6.45) is 0. The molecule has 262 valence electrons. The monoisotopic (exact) mass is 680 g/mol. The molecule has 2 nitrogen and oxygen atoms in total. The van der Waals surface area contributed by atoms with Crippen LogP contribution in [0.15, 0.2) is 170 Å². The van der Waals surface area contributed by atoms with Crippen LogP contribution in [0.25, 0.3) is 77.2 Å². The van der Waals surface area contributed by atoms with Gasteiger partial charge in [-0.3, -0.25) is 0 Å². The molecular weight excluding hydrogens is 629 g/mol. The second-order valence-electron chi connectivity index (χ2n) is 11.4. The van der Waals surface area contributed by atoms with E-state index in [-0.39, 0.29) is 0 Å². The van der Waals surface area contributed by atoms with Crippen LogP contribution in [0.4, 0.5) is 0 Å². The average Bonchev–Trinajstić information content (AvgIpc) is 3.77. The third-order valence-corrected chi connectivity index (χ3v) is 8.94. The average molecular weight is 681 g/mol. The van der Waals surface area contributed by atoms with E-state index in [1.165, 1.54) is 71.6 Å². The molecule has 0 saturated carbocycles. The van der Waals surface area contributed by atoms with Crippen molar-refractivity contribution in [1.82, 2.24) is 9.13 Å². The van der Waals surface area contributed by atoms with Gasteiger partial charge in [0.2, 0.25) is 0 Å². The number of fused-ring (bicyclic) bond motifs is 6. The smallest absolute Gasteiger partial charge is 0.0541 e. The highest BCUT2D eigenvalue weighted by Crippen LogP contribution is 2.36. The van der Waals surface area contributed by atoms with Crippen molar-refractivity contribution >= 4 is 43.6 Å². The molecule has 7 aromatic carbocycles. The van der Waals surface area contributed by atoms with Crippen molar-refractivity contribution in [3.8, 4) is 33.6 Å². The Bertz CT molecular complexity index is 2410. The van der Waals surface area contributed by atoms with Gasteiger partial charge in [0.25, 0.3) is 0 Å². The molecule has 2 heteroatoms. The fraction of sp³-hybridized carbons (Fsp3) is 0.160. The highest BCUT2D eigenvalue weighted by Gasteiger charge is 2.14. The molecule has 0 bridgehead atoms. The number of rotatable bonds is 4. The Morgan fingerprint density at radius 1 is 0.250 bits per heavy atom. The summed E-state index contributed by atoms with van der Waals surface area (Å²) in [7, 11) is 0. The van der Waals surface area contributed by atoms with Crippen molar-refractivity contribution in [3.63, 3.8) is 0 Å². The molecule has 0 spiro atoms. The summed E-state index contributed by atoms with van der Waals surface area (Å²) < 4.78 is 4.75. The molecule has 0 N–H and O–H groups in total. The molecular formula is C50H52N2. The minimum atomic E-state index is 1.16. The van der Waals surface area contributed by atoms with E-state index in [1.54, 1.807) is 0 Å². The van der Waals surface area contributed by atoms with Crippen LogP contribution >= 0.6 is 0 Å². The first-order chi connectivity index (χ1) is 25.8. The van der Waals surface area contributed by atoms with Gasteiger partial charge in [0.05, 0.1) is 22.1 Å². The van der Waals surface area contributed by atoms with Gasteiger partial charge in [0, 0.05) is 32.9 Å². The van der Waals surface area contributed by atoms with E-state index in [4.69, 9.17) is 0 Å². The van der Waals surface area contributed by atoms with Crippen LogP contribution in [0.2, 0.25) is 0 Å². The summed E-state index contributed by atoms with van der Waals surface area (Å²) in [6.45, 7) is 16.0. The highest BCUT2D eigenvalue weighted by molar-refractivity contribution is 6.11. The molecule has 0 saturated heterocycles. The zero-order valence-electron chi connectivity index (χ0n) is 32.1. The summed E-state index contributed by atoms with van der Waals surface area (Å²) in [4.78, 5) is 0. The molecule has 0 aliphatic carbocycles. The highest BCUT2D eigenvalue weighted by atomic mass is 15.0. The second kappa shape index (κ2) is 17.9. The molecule has 52 heavy (non-hydrogen) atoms. The van der Waals surface area contributed by atoms with Gasteiger partial charge in [0.1, 0.15) is 0 Å². The molecule has 9 rings (SSSR count). The lowest BCUT2D eigenvalue weighted by molar-refractivity contribution is 1.18. The van der Waals surface area contributed by atoms with E-state index in [9.17, 15) is 0 Å². The van der Waals surface area contributed by atoms with Crippen LogP contribution < -0.4 is 0 Å². The number of nitrogens with zero attached hydrogens (tertiary/aromatic N) is 2. The van der Waals surface area contributed by atoms with Gasteiger partial charge < -0.3 is 9.13 Å². The maximum absolute atomic E-state index is 2.38. The Balaban J connectivity index is 0.000000614. The van der Waals surface area contributed by atoms with Crippen molar-refractivity contribution in [2.24, 2.45) is 0 Å². The summed E-state index contributed by atoms with van der Waals surface area (Å²) in [5.41, 5.74) is 12.1. The van der Waals surface area contributed by atoms with Crippen molar-refractivity contribution < 1.29 is 0 Å². The van der Waals surface area contributed by atoms with Crippen LogP contribution in [0, 0.1) is 0 Å². The molecule has 2 aromatic heterocycles. The molecule has 0 fully saturated rings. The molecule has 0 radical (unpaired) electrons. The topological polar surface area (TPSA) is 9.86 Å². The van der Waals surface area contributed by atoms with Crippen molar-refractivity contribution in [2.75, 3.05) is 0 Å². The quantitative estimate of drug-likeness (QED) is 0.175. The Kier molecular flexibility index (Phi) is 12.9. The first-order valence-electron chi connectivity index (χ1n) is 19.1. The Labute approximate surface area is 310 Å². The van der Waals surface area contributed by atoms with Gasteiger partial charge in [-0.05, 0) is 76.9 Å². The Morgan fingerprint density at radius 2 is 0.558 bits per heavy atom. The van der Waals surface area contributed by atoms with E-state index in [0.29, 0.717) is 0 Å². The van der Waals surface area contributed by atoms with E-state index in [1.807, 2.05) is 55.4 Å². The fourth-order valence-corrected chi connectivity index (χ4v) is 6.87. The first kappa shape index (κ1) is 37.4. The fourth-order valence-electron chi connectivity index (χ4n) is 6.87. The molecule has 9 aromatic rings. The minimum absolute atomic E-state index is 1.16. The summed E-state index contributed by atoms with van der Waals surface area (Å²) >= 11 is 0. The van der Waals surface area contributed by atoms with Crippen molar-refractivity contribution in [1.29, 1.82) is 0 Å². The molecule has 0 aliphatic heterocycles. The van der Waals surface area contributed by atoms with E-state index in [0.717, 1.165) is 5.69 Å². The second-order valence-corrected chi connectivity index (χ2v) is 11.4. The normalized spacial score (nSPS) is 10.3. The van der Waals surface area contributed by atoms with Gasteiger partial charge in [-0.1, -0.05) is 171 Å². The number of benzene rings is 7. The third kappa shape index (κ3) is 7.02. The maximum Gasteiger partial charge on any atom is 0.0541 e. The zero-order chi connectivity index (χ0) is 37.0. The number of aromatic nitrogens is 2. The SMILES string of the molecule is CC.CC.CC.CC.c1ccc(-c2ccc3c(c2)c2ccccc2n3-c2ccc(-c3ccc(-n4c5ccccc5c5ccccc54)cc3)cc2)cc1. The van der Waals surface area contributed by atoms with Gasteiger partial charge in [0.15, 0.2) is 0 Å². The number of hydrogen-bond acceptors (Lipinski definition) is 0. The first-order valence-corrected chi connectivity index (χ1v) is 19.1. The molecule has 0 aliphatic rings. The summed E-state index contributed by atoms with van der Waals surface area (Å²) in [6, 6.07) is 61.4. The largest absolute Gasteiger partial charge is 0.309 e.